The average Bonchev–Trinajstić information content (AvgIpc) is 2.99. The van der Waals surface area contributed by atoms with Crippen LogP contribution >= 0.6 is 0 Å². The van der Waals surface area contributed by atoms with Gasteiger partial charge in [-0.1, -0.05) is 6.42 Å². The van der Waals surface area contributed by atoms with Crippen LogP contribution in [-0.4, -0.2) is 60.2 Å². The Kier molecular flexibility index (Phi) is 7.93. The van der Waals surface area contributed by atoms with Gasteiger partial charge in [0.25, 0.3) is 0 Å². The monoisotopic (exact) mass is 320 g/mol. The van der Waals surface area contributed by atoms with Crippen molar-refractivity contribution < 1.29 is 0 Å². The summed E-state index contributed by atoms with van der Waals surface area (Å²) in [5.41, 5.74) is 0. The fraction of sp³-hybridized carbons (Fsp3) is 0.765. The Morgan fingerprint density at radius 2 is 1.91 bits per heavy atom. The molecule has 1 aliphatic heterocycles. The van der Waals surface area contributed by atoms with E-state index in [0.29, 0.717) is 0 Å². The van der Waals surface area contributed by atoms with E-state index in [1.54, 1.807) is 0 Å². The lowest BCUT2D eigenvalue weighted by Gasteiger charge is -2.26. The molecule has 0 aliphatic carbocycles. The number of aliphatic imine (C=N–C) groups is 1. The van der Waals surface area contributed by atoms with E-state index in [1.807, 2.05) is 26.4 Å². The highest BCUT2D eigenvalue weighted by Crippen LogP contribution is 2.07. The van der Waals surface area contributed by atoms with Gasteiger partial charge in [-0.3, -0.25) is 4.99 Å². The second-order valence-corrected chi connectivity index (χ2v) is 6.20. The third kappa shape index (κ3) is 6.60. The number of nitrogens with zero attached hydrogens (tertiary/aromatic N) is 4. The zero-order valence-corrected chi connectivity index (χ0v) is 14.7. The average molecular weight is 320 g/mol. The van der Waals surface area contributed by atoms with Crippen LogP contribution in [0, 0.1) is 6.92 Å². The zero-order chi connectivity index (χ0) is 16.3. The number of guanidine groups is 1. The molecule has 1 aliphatic rings. The third-order valence-corrected chi connectivity index (χ3v) is 4.43. The molecule has 23 heavy (non-hydrogen) atoms. The number of hydrogen-bond donors (Lipinski definition) is 2. The summed E-state index contributed by atoms with van der Waals surface area (Å²) in [7, 11) is 1.84. The molecule has 0 radical (unpaired) electrons. The lowest BCUT2D eigenvalue weighted by atomic mass is 10.1. The number of imidazole rings is 1. The number of nitrogens with one attached hydrogen (secondary N) is 2. The third-order valence-electron chi connectivity index (χ3n) is 4.43. The second-order valence-electron chi connectivity index (χ2n) is 6.20. The molecule has 0 amide bonds. The van der Waals surface area contributed by atoms with Crippen molar-refractivity contribution in [3.05, 3.63) is 18.2 Å². The van der Waals surface area contributed by atoms with Crippen LogP contribution in [0.5, 0.6) is 0 Å². The molecule has 2 rings (SSSR count). The molecule has 130 valence electrons. The van der Waals surface area contributed by atoms with Gasteiger partial charge in [0.2, 0.25) is 0 Å². The van der Waals surface area contributed by atoms with E-state index in [-0.39, 0.29) is 0 Å². The number of aromatic nitrogens is 2. The highest BCUT2D eigenvalue weighted by atomic mass is 15.2. The standard InChI is InChI=1S/C17H32N6/c1-16-19-10-15-23(16)13-7-4-8-20-17(18-2)21-9-14-22-11-5-3-6-12-22/h10,15H,3-9,11-14H2,1-2H3,(H2,18,20,21). The molecule has 1 aromatic heterocycles. The molecule has 1 aromatic rings. The molecule has 0 unspecified atom stereocenters. The van der Waals surface area contributed by atoms with Crippen molar-refractivity contribution in [3.63, 3.8) is 0 Å². The lowest BCUT2D eigenvalue weighted by Crippen LogP contribution is -2.42. The van der Waals surface area contributed by atoms with E-state index in [2.05, 4.69) is 30.1 Å². The van der Waals surface area contributed by atoms with Crippen molar-refractivity contribution in [1.82, 2.24) is 25.1 Å². The Hall–Kier alpha value is -1.56. The Balaban J connectivity index is 1.51. The molecule has 2 heterocycles. The van der Waals surface area contributed by atoms with Crippen molar-refractivity contribution in [2.75, 3.05) is 39.8 Å². The first-order valence-corrected chi connectivity index (χ1v) is 8.94. The minimum atomic E-state index is 0.917. The first-order chi connectivity index (χ1) is 11.3. The summed E-state index contributed by atoms with van der Waals surface area (Å²) in [5.74, 6) is 2.01. The van der Waals surface area contributed by atoms with Crippen molar-refractivity contribution in [2.24, 2.45) is 4.99 Å². The summed E-state index contributed by atoms with van der Waals surface area (Å²) in [5, 5.41) is 6.81. The van der Waals surface area contributed by atoms with Gasteiger partial charge in [0.15, 0.2) is 5.96 Å². The summed E-state index contributed by atoms with van der Waals surface area (Å²) in [6.07, 6.45) is 10.3. The van der Waals surface area contributed by atoms with Gasteiger partial charge in [0.1, 0.15) is 5.82 Å². The predicted molar refractivity (Wildman–Crippen MR) is 95.9 cm³/mol. The van der Waals surface area contributed by atoms with Crippen LogP contribution in [0.1, 0.15) is 37.9 Å². The Bertz CT molecular complexity index is 461. The summed E-state index contributed by atoms with van der Waals surface area (Å²) >= 11 is 0. The molecule has 0 saturated carbocycles. The highest BCUT2D eigenvalue weighted by Gasteiger charge is 2.09. The van der Waals surface area contributed by atoms with Crippen LogP contribution in [0.3, 0.4) is 0 Å². The van der Waals surface area contributed by atoms with E-state index in [0.717, 1.165) is 50.8 Å². The van der Waals surface area contributed by atoms with Crippen LogP contribution in [0.25, 0.3) is 0 Å². The molecule has 0 atom stereocenters. The summed E-state index contributed by atoms with van der Waals surface area (Å²) in [6.45, 7) is 8.62. The van der Waals surface area contributed by atoms with E-state index in [9.17, 15) is 0 Å². The van der Waals surface area contributed by atoms with Crippen molar-refractivity contribution in [1.29, 1.82) is 0 Å². The molecule has 1 saturated heterocycles. The smallest absolute Gasteiger partial charge is 0.191 e. The van der Waals surface area contributed by atoms with Gasteiger partial charge >= 0.3 is 0 Å². The van der Waals surface area contributed by atoms with Gasteiger partial charge in [-0.05, 0) is 45.7 Å². The van der Waals surface area contributed by atoms with Gasteiger partial charge in [-0.25, -0.2) is 4.98 Å². The van der Waals surface area contributed by atoms with Crippen molar-refractivity contribution >= 4 is 5.96 Å². The highest BCUT2D eigenvalue weighted by molar-refractivity contribution is 5.79. The summed E-state index contributed by atoms with van der Waals surface area (Å²) < 4.78 is 2.20. The Labute approximate surface area is 140 Å². The van der Waals surface area contributed by atoms with Gasteiger partial charge < -0.3 is 20.1 Å². The first kappa shape index (κ1) is 17.8. The van der Waals surface area contributed by atoms with E-state index in [1.165, 1.54) is 32.4 Å². The summed E-state index contributed by atoms with van der Waals surface area (Å²) in [4.78, 5) is 11.1. The molecule has 2 N–H and O–H groups in total. The minimum absolute atomic E-state index is 0.917. The zero-order valence-electron chi connectivity index (χ0n) is 14.7. The van der Waals surface area contributed by atoms with Crippen LogP contribution in [0.4, 0.5) is 0 Å². The molecule has 0 spiro atoms. The van der Waals surface area contributed by atoms with Crippen LogP contribution in [0.15, 0.2) is 17.4 Å². The second kappa shape index (κ2) is 10.3. The molecule has 6 nitrogen and oxygen atoms in total. The fourth-order valence-corrected chi connectivity index (χ4v) is 2.99. The van der Waals surface area contributed by atoms with Crippen LogP contribution in [-0.2, 0) is 6.54 Å². The first-order valence-electron chi connectivity index (χ1n) is 8.94. The summed E-state index contributed by atoms with van der Waals surface area (Å²) in [6, 6.07) is 0. The van der Waals surface area contributed by atoms with E-state index >= 15 is 0 Å². The molecular formula is C17H32N6. The van der Waals surface area contributed by atoms with E-state index in [4.69, 9.17) is 0 Å². The van der Waals surface area contributed by atoms with Crippen LogP contribution < -0.4 is 10.6 Å². The molecule has 6 heteroatoms. The number of piperidine rings is 1. The quantitative estimate of drug-likeness (QED) is 0.434. The number of hydrogen-bond acceptors (Lipinski definition) is 3. The minimum Gasteiger partial charge on any atom is -0.356 e. The van der Waals surface area contributed by atoms with Gasteiger partial charge in [-0.2, -0.15) is 0 Å². The van der Waals surface area contributed by atoms with Gasteiger partial charge in [0, 0.05) is 45.6 Å². The van der Waals surface area contributed by atoms with Gasteiger partial charge in [0.05, 0.1) is 0 Å². The number of rotatable bonds is 8. The fourth-order valence-electron chi connectivity index (χ4n) is 2.99. The molecule has 0 bridgehead atoms. The normalized spacial score (nSPS) is 16.5. The number of aryl methyl sites for hydroxylation is 2. The maximum Gasteiger partial charge on any atom is 0.191 e. The van der Waals surface area contributed by atoms with Crippen molar-refractivity contribution in [2.45, 2.75) is 45.6 Å². The lowest BCUT2D eigenvalue weighted by molar-refractivity contribution is 0.232. The largest absolute Gasteiger partial charge is 0.356 e. The Morgan fingerprint density at radius 1 is 1.13 bits per heavy atom. The SMILES string of the molecule is CN=C(NCCCCn1ccnc1C)NCCN1CCCCC1. The van der Waals surface area contributed by atoms with Crippen molar-refractivity contribution in [3.8, 4) is 0 Å². The predicted octanol–water partition coefficient (Wildman–Crippen LogP) is 1.62. The molecule has 0 aromatic carbocycles. The maximum absolute atomic E-state index is 4.29. The maximum atomic E-state index is 4.29. The topological polar surface area (TPSA) is 57.5 Å². The Morgan fingerprint density at radius 3 is 2.61 bits per heavy atom. The number of likely N-dealkylation sites (tertiary alicyclic amines) is 1. The number of unbranched alkanes of at least 4 members (excludes halogenated alkanes) is 1. The van der Waals surface area contributed by atoms with Crippen LogP contribution in [0.2, 0.25) is 0 Å². The van der Waals surface area contributed by atoms with E-state index < -0.39 is 0 Å². The molecule has 1 fully saturated rings. The molecular weight excluding hydrogens is 288 g/mol. The van der Waals surface area contributed by atoms with Gasteiger partial charge in [-0.15, -0.1) is 0 Å².